The molecule has 0 aliphatic carbocycles. The summed E-state index contributed by atoms with van der Waals surface area (Å²) in [7, 11) is 1.48. The van der Waals surface area contributed by atoms with Crippen LogP contribution >= 0.6 is 0 Å². The van der Waals surface area contributed by atoms with Crippen molar-refractivity contribution in [3.05, 3.63) is 36.1 Å². The molecule has 0 radical (unpaired) electrons. The number of nitrogen functional groups attached to an aromatic ring is 1. The van der Waals surface area contributed by atoms with Gasteiger partial charge in [-0.1, -0.05) is 0 Å². The normalized spacial score (nSPS) is 10.5. The van der Waals surface area contributed by atoms with Crippen LogP contribution in [0.4, 0.5) is 21.6 Å². The fraction of sp³-hybridized carbons (Fsp3) is 0.267. The number of nitrogens with zero attached hydrogens (tertiary/aromatic N) is 1. The van der Waals surface area contributed by atoms with Crippen LogP contribution in [0.5, 0.6) is 11.6 Å². The van der Waals surface area contributed by atoms with Gasteiger partial charge in [0.25, 0.3) is 0 Å². The van der Waals surface area contributed by atoms with E-state index in [1.165, 1.54) is 19.2 Å². The first-order valence-electron chi connectivity index (χ1n) is 6.53. The molecule has 21 heavy (non-hydrogen) atoms. The van der Waals surface area contributed by atoms with Gasteiger partial charge in [0, 0.05) is 6.07 Å². The second-order valence-electron chi connectivity index (χ2n) is 4.73. The smallest absolute Gasteiger partial charge is 0.239 e. The average Bonchev–Trinajstić information content (AvgIpc) is 2.44. The van der Waals surface area contributed by atoms with Crippen molar-refractivity contribution in [3.63, 3.8) is 0 Å². The average molecular weight is 291 g/mol. The number of methoxy groups -OCH3 is 1. The highest BCUT2D eigenvalue weighted by atomic mass is 19.1. The van der Waals surface area contributed by atoms with E-state index >= 15 is 0 Å². The van der Waals surface area contributed by atoms with Crippen LogP contribution in [-0.2, 0) is 0 Å². The number of rotatable bonds is 5. The third-order valence-electron chi connectivity index (χ3n) is 2.66. The van der Waals surface area contributed by atoms with Crippen LogP contribution in [0.2, 0.25) is 0 Å². The second-order valence-corrected chi connectivity index (χ2v) is 4.73. The Kier molecular flexibility index (Phi) is 4.47. The molecule has 1 aromatic carbocycles. The van der Waals surface area contributed by atoms with Gasteiger partial charge in [0.05, 0.1) is 24.6 Å². The topological polar surface area (TPSA) is 69.4 Å². The maximum Gasteiger partial charge on any atom is 0.239 e. The van der Waals surface area contributed by atoms with E-state index in [0.717, 1.165) is 0 Å². The molecular weight excluding hydrogens is 273 g/mol. The lowest BCUT2D eigenvalue weighted by Crippen LogP contribution is -2.09. The fourth-order valence-corrected chi connectivity index (χ4v) is 1.74. The van der Waals surface area contributed by atoms with E-state index in [1.807, 2.05) is 13.8 Å². The SMILES string of the molecule is COc1cc(F)ccc1Nc1ccc(N)c(OC(C)C)n1. The van der Waals surface area contributed by atoms with E-state index in [1.54, 1.807) is 18.2 Å². The van der Waals surface area contributed by atoms with Crippen LogP contribution < -0.4 is 20.5 Å². The van der Waals surface area contributed by atoms with Crippen LogP contribution in [0, 0.1) is 5.82 Å². The Balaban J connectivity index is 2.27. The van der Waals surface area contributed by atoms with Crippen molar-refractivity contribution >= 4 is 17.2 Å². The number of nitrogens with one attached hydrogen (secondary N) is 1. The number of aromatic nitrogens is 1. The van der Waals surface area contributed by atoms with Crippen LogP contribution in [0.15, 0.2) is 30.3 Å². The van der Waals surface area contributed by atoms with Crippen molar-refractivity contribution < 1.29 is 13.9 Å². The van der Waals surface area contributed by atoms with E-state index in [2.05, 4.69) is 10.3 Å². The first kappa shape index (κ1) is 14.9. The Labute approximate surface area is 122 Å². The fourth-order valence-electron chi connectivity index (χ4n) is 1.74. The van der Waals surface area contributed by atoms with Gasteiger partial charge in [-0.25, -0.2) is 4.39 Å². The van der Waals surface area contributed by atoms with Gasteiger partial charge >= 0.3 is 0 Å². The molecule has 0 aliphatic rings. The van der Waals surface area contributed by atoms with Crippen molar-refractivity contribution in [1.82, 2.24) is 4.98 Å². The summed E-state index contributed by atoms with van der Waals surface area (Å²) in [6, 6.07) is 7.63. The van der Waals surface area contributed by atoms with Gasteiger partial charge in [-0.05, 0) is 38.1 Å². The molecule has 5 nitrogen and oxygen atoms in total. The summed E-state index contributed by atoms with van der Waals surface area (Å²) >= 11 is 0. The van der Waals surface area contributed by atoms with Crippen LogP contribution in [0.3, 0.4) is 0 Å². The zero-order valence-corrected chi connectivity index (χ0v) is 12.2. The van der Waals surface area contributed by atoms with Gasteiger partial charge in [0.2, 0.25) is 5.88 Å². The molecule has 1 heterocycles. The van der Waals surface area contributed by atoms with Crippen molar-refractivity contribution in [1.29, 1.82) is 0 Å². The van der Waals surface area contributed by atoms with Gasteiger partial charge in [-0.15, -0.1) is 0 Å². The number of anilines is 3. The number of hydrogen-bond acceptors (Lipinski definition) is 5. The number of nitrogens with two attached hydrogens (primary N) is 1. The summed E-state index contributed by atoms with van der Waals surface area (Å²) in [5.74, 6) is 0.910. The predicted molar refractivity (Wildman–Crippen MR) is 80.6 cm³/mol. The summed E-state index contributed by atoms with van der Waals surface area (Å²) < 4.78 is 23.8. The Morgan fingerprint density at radius 3 is 2.67 bits per heavy atom. The van der Waals surface area contributed by atoms with Gasteiger partial charge in [-0.3, -0.25) is 0 Å². The van der Waals surface area contributed by atoms with Gasteiger partial charge < -0.3 is 20.5 Å². The number of ether oxygens (including phenoxy) is 2. The summed E-state index contributed by atoms with van der Waals surface area (Å²) in [5, 5.41) is 3.05. The lowest BCUT2D eigenvalue weighted by atomic mass is 10.2. The highest BCUT2D eigenvalue weighted by molar-refractivity contribution is 5.66. The summed E-state index contributed by atoms with van der Waals surface area (Å²) in [6.07, 6.45) is -0.0320. The highest BCUT2D eigenvalue weighted by Gasteiger charge is 2.09. The minimum atomic E-state index is -0.369. The Morgan fingerprint density at radius 2 is 2.00 bits per heavy atom. The van der Waals surface area contributed by atoms with E-state index in [9.17, 15) is 4.39 Å². The van der Waals surface area contributed by atoms with Crippen molar-refractivity contribution in [2.45, 2.75) is 20.0 Å². The standard InChI is InChI=1S/C15H18FN3O2/c1-9(2)21-15-11(17)5-7-14(19-15)18-12-6-4-10(16)8-13(12)20-3/h4-9H,17H2,1-3H3,(H,18,19). The molecule has 0 amide bonds. The molecular formula is C15H18FN3O2. The van der Waals surface area contributed by atoms with Crippen molar-refractivity contribution in [2.75, 3.05) is 18.2 Å². The molecule has 2 rings (SSSR count). The Hall–Kier alpha value is -2.50. The number of halogens is 1. The zero-order chi connectivity index (χ0) is 15.4. The molecule has 0 fully saturated rings. The monoisotopic (exact) mass is 291 g/mol. The summed E-state index contributed by atoms with van der Waals surface area (Å²) in [4.78, 5) is 4.30. The molecule has 0 unspecified atom stereocenters. The predicted octanol–water partition coefficient (Wildman–Crippen LogP) is 3.34. The summed E-state index contributed by atoms with van der Waals surface area (Å²) in [6.45, 7) is 3.79. The molecule has 0 aliphatic heterocycles. The van der Waals surface area contributed by atoms with Gasteiger partial charge in [0.15, 0.2) is 0 Å². The molecule has 2 aromatic rings. The van der Waals surface area contributed by atoms with Crippen LogP contribution in [-0.4, -0.2) is 18.2 Å². The first-order valence-corrected chi connectivity index (χ1v) is 6.53. The molecule has 3 N–H and O–H groups in total. The highest BCUT2D eigenvalue weighted by Crippen LogP contribution is 2.29. The number of pyridine rings is 1. The second kappa shape index (κ2) is 6.30. The Morgan fingerprint density at radius 1 is 1.24 bits per heavy atom. The van der Waals surface area contributed by atoms with Gasteiger partial charge in [0.1, 0.15) is 17.4 Å². The quantitative estimate of drug-likeness (QED) is 0.884. The van der Waals surface area contributed by atoms with Crippen LogP contribution in [0.25, 0.3) is 0 Å². The lowest BCUT2D eigenvalue weighted by Gasteiger charge is -2.14. The number of benzene rings is 1. The third kappa shape index (κ3) is 3.75. The molecule has 1 aromatic heterocycles. The van der Waals surface area contributed by atoms with Crippen molar-refractivity contribution in [3.8, 4) is 11.6 Å². The molecule has 0 saturated carbocycles. The van der Waals surface area contributed by atoms with E-state index < -0.39 is 0 Å². The zero-order valence-electron chi connectivity index (χ0n) is 12.2. The molecule has 0 bridgehead atoms. The molecule has 0 saturated heterocycles. The molecule has 112 valence electrons. The number of hydrogen-bond donors (Lipinski definition) is 2. The molecule has 0 spiro atoms. The van der Waals surface area contributed by atoms with Crippen molar-refractivity contribution in [2.24, 2.45) is 0 Å². The first-order chi connectivity index (χ1) is 9.99. The van der Waals surface area contributed by atoms with E-state index in [-0.39, 0.29) is 11.9 Å². The Bertz CT molecular complexity index is 632. The minimum Gasteiger partial charge on any atom is -0.494 e. The maximum absolute atomic E-state index is 13.2. The van der Waals surface area contributed by atoms with Crippen LogP contribution in [0.1, 0.15) is 13.8 Å². The largest absolute Gasteiger partial charge is 0.494 e. The molecule has 6 heteroatoms. The van der Waals surface area contributed by atoms with E-state index in [0.29, 0.717) is 28.8 Å². The summed E-state index contributed by atoms with van der Waals surface area (Å²) in [5.41, 5.74) is 6.88. The van der Waals surface area contributed by atoms with E-state index in [4.69, 9.17) is 15.2 Å². The van der Waals surface area contributed by atoms with Gasteiger partial charge in [-0.2, -0.15) is 4.98 Å². The lowest BCUT2D eigenvalue weighted by molar-refractivity contribution is 0.234. The maximum atomic E-state index is 13.2. The molecule has 0 atom stereocenters. The third-order valence-corrected chi connectivity index (χ3v) is 2.66. The minimum absolute atomic E-state index is 0.0320.